The van der Waals surface area contributed by atoms with Crippen molar-refractivity contribution < 1.29 is 30.0 Å². The van der Waals surface area contributed by atoms with Crippen molar-refractivity contribution in [3.8, 4) is 0 Å². The van der Waals surface area contributed by atoms with E-state index < -0.39 is 24.1 Å². The van der Waals surface area contributed by atoms with Gasteiger partial charge in [-0.15, -0.1) is 0 Å². The van der Waals surface area contributed by atoms with Crippen LogP contribution in [0.2, 0.25) is 0 Å². The van der Waals surface area contributed by atoms with Gasteiger partial charge in [-0.25, -0.2) is 9.59 Å². The molecule has 0 aliphatic heterocycles. The van der Waals surface area contributed by atoms with E-state index in [-0.39, 0.29) is 11.1 Å². The Kier molecular flexibility index (Phi) is 8.48. The zero-order valence-corrected chi connectivity index (χ0v) is 14.8. The molecule has 2 rings (SSSR count). The number of rotatable bonds is 6. The second kappa shape index (κ2) is 10.3. The van der Waals surface area contributed by atoms with Crippen molar-refractivity contribution in [2.45, 2.75) is 38.9 Å². The van der Waals surface area contributed by atoms with Gasteiger partial charge in [0.2, 0.25) is 0 Å². The van der Waals surface area contributed by atoms with Crippen molar-refractivity contribution in [3.63, 3.8) is 0 Å². The SMILES string of the molecule is CCC(O)C(O)Cc1ccccc1.Cc1ccc(C(=O)O)cc1C(=O)O. The molecule has 0 aliphatic carbocycles. The molecule has 2 aromatic carbocycles. The summed E-state index contributed by atoms with van der Waals surface area (Å²) in [5, 5.41) is 36.1. The van der Waals surface area contributed by atoms with Crippen LogP contribution in [-0.4, -0.2) is 44.6 Å². The summed E-state index contributed by atoms with van der Waals surface area (Å²) >= 11 is 0. The molecular formula is C20H24O6. The summed E-state index contributed by atoms with van der Waals surface area (Å²) in [6, 6.07) is 13.7. The fourth-order valence-corrected chi connectivity index (χ4v) is 2.25. The molecule has 0 aromatic heterocycles. The summed E-state index contributed by atoms with van der Waals surface area (Å²) in [6.07, 6.45) is -0.142. The van der Waals surface area contributed by atoms with E-state index in [4.69, 9.17) is 10.2 Å². The summed E-state index contributed by atoms with van der Waals surface area (Å²) in [6.45, 7) is 3.48. The summed E-state index contributed by atoms with van der Waals surface area (Å²) < 4.78 is 0. The summed E-state index contributed by atoms with van der Waals surface area (Å²) in [7, 11) is 0. The lowest BCUT2D eigenvalue weighted by molar-refractivity contribution is 0.0182. The highest BCUT2D eigenvalue weighted by Crippen LogP contribution is 2.11. The minimum atomic E-state index is -1.12. The van der Waals surface area contributed by atoms with Crippen LogP contribution in [-0.2, 0) is 6.42 Å². The number of aryl methyl sites for hydroxylation is 1. The fourth-order valence-electron chi connectivity index (χ4n) is 2.25. The maximum atomic E-state index is 10.6. The van der Waals surface area contributed by atoms with E-state index in [1.807, 2.05) is 37.3 Å². The smallest absolute Gasteiger partial charge is 0.335 e. The van der Waals surface area contributed by atoms with Crippen LogP contribution >= 0.6 is 0 Å². The molecule has 6 nitrogen and oxygen atoms in total. The number of carbonyl (C=O) groups is 2. The quantitative estimate of drug-likeness (QED) is 0.630. The van der Waals surface area contributed by atoms with Crippen molar-refractivity contribution in [2.75, 3.05) is 0 Å². The first-order valence-electron chi connectivity index (χ1n) is 8.23. The lowest BCUT2D eigenvalue weighted by Crippen LogP contribution is -2.27. The van der Waals surface area contributed by atoms with E-state index in [9.17, 15) is 19.8 Å². The van der Waals surface area contributed by atoms with Gasteiger partial charge in [-0.05, 0) is 36.6 Å². The van der Waals surface area contributed by atoms with Gasteiger partial charge in [0, 0.05) is 6.42 Å². The molecule has 0 aliphatic rings. The highest BCUT2D eigenvalue weighted by molar-refractivity contribution is 5.94. The van der Waals surface area contributed by atoms with Crippen LogP contribution in [0.3, 0.4) is 0 Å². The molecule has 0 fully saturated rings. The van der Waals surface area contributed by atoms with Crippen LogP contribution in [0.1, 0.15) is 45.2 Å². The molecule has 0 heterocycles. The van der Waals surface area contributed by atoms with E-state index in [2.05, 4.69) is 0 Å². The molecular weight excluding hydrogens is 336 g/mol. The lowest BCUT2D eigenvalue weighted by atomic mass is 10.0. The molecule has 140 valence electrons. The van der Waals surface area contributed by atoms with Crippen LogP contribution in [0.15, 0.2) is 48.5 Å². The largest absolute Gasteiger partial charge is 0.478 e. The molecule has 2 atom stereocenters. The number of hydrogen-bond acceptors (Lipinski definition) is 4. The number of benzene rings is 2. The Hall–Kier alpha value is -2.70. The molecule has 0 spiro atoms. The molecule has 0 bridgehead atoms. The Morgan fingerprint density at radius 2 is 1.54 bits per heavy atom. The van der Waals surface area contributed by atoms with Gasteiger partial charge in [0.15, 0.2) is 0 Å². The molecule has 4 N–H and O–H groups in total. The van der Waals surface area contributed by atoms with E-state index in [0.717, 1.165) is 11.6 Å². The molecule has 2 aromatic rings. The topological polar surface area (TPSA) is 115 Å². The van der Waals surface area contributed by atoms with Gasteiger partial charge >= 0.3 is 11.9 Å². The van der Waals surface area contributed by atoms with Crippen molar-refractivity contribution in [2.24, 2.45) is 0 Å². The molecule has 0 radical (unpaired) electrons. The second-order valence-electron chi connectivity index (χ2n) is 5.87. The zero-order chi connectivity index (χ0) is 19.7. The number of carboxylic acid groups (broad SMARTS) is 2. The van der Waals surface area contributed by atoms with Crippen LogP contribution in [0.5, 0.6) is 0 Å². The summed E-state index contributed by atoms with van der Waals surface area (Å²) in [4.78, 5) is 21.1. The van der Waals surface area contributed by atoms with Crippen molar-refractivity contribution >= 4 is 11.9 Å². The number of carboxylic acids is 2. The molecule has 26 heavy (non-hydrogen) atoms. The Balaban J connectivity index is 0.000000260. The van der Waals surface area contributed by atoms with Crippen molar-refractivity contribution in [3.05, 3.63) is 70.8 Å². The second-order valence-corrected chi connectivity index (χ2v) is 5.87. The maximum absolute atomic E-state index is 10.6. The van der Waals surface area contributed by atoms with Crippen LogP contribution in [0.4, 0.5) is 0 Å². The van der Waals surface area contributed by atoms with Gasteiger partial charge in [0.05, 0.1) is 23.3 Å². The average molecular weight is 360 g/mol. The highest BCUT2D eigenvalue weighted by atomic mass is 16.4. The third-order valence-corrected chi connectivity index (χ3v) is 3.87. The normalized spacial score (nSPS) is 12.5. The number of aliphatic hydroxyl groups excluding tert-OH is 2. The lowest BCUT2D eigenvalue weighted by Gasteiger charge is -2.15. The van der Waals surface area contributed by atoms with Gasteiger partial charge in [0.25, 0.3) is 0 Å². The zero-order valence-electron chi connectivity index (χ0n) is 14.8. The fraction of sp³-hybridized carbons (Fsp3) is 0.300. The van der Waals surface area contributed by atoms with E-state index in [1.54, 1.807) is 6.92 Å². The first-order valence-corrected chi connectivity index (χ1v) is 8.23. The van der Waals surface area contributed by atoms with Gasteiger partial charge in [-0.1, -0.05) is 43.3 Å². The van der Waals surface area contributed by atoms with Gasteiger partial charge in [0.1, 0.15) is 0 Å². The minimum absolute atomic E-state index is 0.0111. The van der Waals surface area contributed by atoms with Crippen LogP contribution in [0.25, 0.3) is 0 Å². The Bertz CT molecular complexity index is 726. The Labute approximate surface area is 152 Å². The predicted molar refractivity (Wildman–Crippen MR) is 97.5 cm³/mol. The first kappa shape index (κ1) is 21.3. The summed E-state index contributed by atoms with van der Waals surface area (Å²) in [5.74, 6) is -2.23. The number of hydrogen-bond donors (Lipinski definition) is 4. The van der Waals surface area contributed by atoms with Gasteiger partial charge in [-0.2, -0.15) is 0 Å². The Morgan fingerprint density at radius 1 is 0.923 bits per heavy atom. The molecule has 0 amide bonds. The van der Waals surface area contributed by atoms with Crippen LogP contribution < -0.4 is 0 Å². The monoisotopic (exact) mass is 360 g/mol. The number of aromatic carboxylic acids is 2. The van der Waals surface area contributed by atoms with Crippen molar-refractivity contribution in [1.82, 2.24) is 0 Å². The first-order chi connectivity index (χ1) is 12.3. The molecule has 6 heteroatoms. The van der Waals surface area contributed by atoms with Gasteiger partial charge < -0.3 is 20.4 Å². The standard InChI is InChI=1S/C11H16O2.C9H8O4/c1-2-10(12)11(13)8-9-6-4-3-5-7-9;1-5-2-3-6(8(10)11)4-7(5)9(12)13/h3-7,10-13H,2,8H2,1H3;2-4H,1H3,(H,10,11)(H,12,13). The van der Waals surface area contributed by atoms with Crippen molar-refractivity contribution in [1.29, 1.82) is 0 Å². The van der Waals surface area contributed by atoms with E-state index >= 15 is 0 Å². The maximum Gasteiger partial charge on any atom is 0.335 e. The molecule has 2 unspecified atom stereocenters. The third kappa shape index (κ3) is 6.66. The van der Waals surface area contributed by atoms with E-state index in [0.29, 0.717) is 18.4 Å². The minimum Gasteiger partial charge on any atom is -0.478 e. The summed E-state index contributed by atoms with van der Waals surface area (Å²) in [5.41, 5.74) is 1.63. The Morgan fingerprint density at radius 3 is 2.04 bits per heavy atom. The highest BCUT2D eigenvalue weighted by Gasteiger charge is 2.14. The third-order valence-electron chi connectivity index (χ3n) is 3.87. The van der Waals surface area contributed by atoms with Gasteiger partial charge in [-0.3, -0.25) is 0 Å². The average Bonchev–Trinajstić information content (AvgIpc) is 2.62. The number of aliphatic hydroxyl groups is 2. The van der Waals surface area contributed by atoms with E-state index in [1.165, 1.54) is 12.1 Å². The van der Waals surface area contributed by atoms with Crippen LogP contribution in [0, 0.1) is 6.92 Å². The molecule has 0 saturated carbocycles. The molecule has 0 saturated heterocycles. The predicted octanol–water partition coefficient (Wildman–Crippen LogP) is 2.75.